The first-order valence-corrected chi connectivity index (χ1v) is 13.2. The molecule has 6 heteroatoms. The minimum absolute atomic E-state index is 0.00506. The van der Waals surface area contributed by atoms with Crippen molar-refractivity contribution in [2.24, 2.45) is 0 Å². The maximum Gasteiger partial charge on any atom is 0.242 e. The van der Waals surface area contributed by atoms with Crippen LogP contribution in [0.4, 0.5) is 4.39 Å². The number of halogens is 1. The molecule has 0 aliphatic rings. The molecule has 1 heterocycles. The van der Waals surface area contributed by atoms with Crippen LogP contribution in [0.2, 0.25) is 0 Å². The first kappa shape index (κ1) is 26.6. The highest BCUT2D eigenvalue weighted by Crippen LogP contribution is 2.24. The summed E-state index contributed by atoms with van der Waals surface area (Å²) in [5.74, 6) is -0.682. The van der Waals surface area contributed by atoms with Crippen LogP contribution < -0.4 is 0 Å². The molecule has 0 saturated carbocycles. The SMILES string of the molecule is CCCCN(CC(=O)N(Cc1ccc(F)cc1)Cc1sccc1C)C(=O)[C@H](CC)c1ccccc1. The van der Waals surface area contributed by atoms with Crippen molar-refractivity contribution >= 4 is 23.2 Å². The molecule has 0 aliphatic carbocycles. The Balaban J connectivity index is 1.83. The van der Waals surface area contributed by atoms with Crippen LogP contribution in [0, 0.1) is 12.7 Å². The average Bonchev–Trinajstić information content (AvgIpc) is 3.27. The molecule has 3 rings (SSSR count). The fourth-order valence-electron chi connectivity index (χ4n) is 4.12. The molecule has 0 saturated heterocycles. The van der Waals surface area contributed by atoms with Gasteiger partial charge in [-0.25, -0.2) is 4.39 Å². The monoisotopic (exact) mass is 494 g/mol. The van der Waals surface area contributed by atoms with Crippen LogP contribution in [0.15, 0.2) is 66.0 Å². The zero-order valence-corrected chi connectivity index (χ0v) is 21.7. The summed E-state index contributed by atoms with van der Waals surface area (Å²) in [6.07, 6.45) is 2.45. The molecular formula is C29H35FN2O2S. The Kier molecular flexibility index (Phi) is 10.0. The largest absolute Gasteiger partial charge is 0.333 e. The second-order valence-corrected chi connectivity index (χ2v) is 9.89. The van der Waals surface area contributed by atoms with Crippen molar-refractivity contribution in [3.8, 4) is 0 Å². The topological polar surface area (TPSA) is 40.6 Å². The zero-order chi connectivity index (χ0) is 25.2. The number of amides is 2. The Hall–Kier alpha value is -2.99. The van der Waals surface area contributed by atoms with E-state index in [9.17, 15) is 14.0 Å². The number of aryl methyl sites for hydroxylation is 1. The van der Waals surface area contributed by atoms with Crippen molar-refractivity contribution in [3.63, 3.8) is 0 Å². The molecule has 0 radical (unpaired) electrons. The van der Waals surface area contributed by atoms with Crippen LogP contribution in [0.1, 0.15) is 60.6 Å². The fraction of sp³-hybridized carbons (Fsp3) is 0.379. The quantitative estimate of drug-likeness (QED) is 0.287. The average molecular weight is 495 g/mol. The van der Waals surface area contributed by atoms with Crippen LogP contribution in [0.25, 0.3) is 0 Å². The van der Waals surface area contributed by atoms with Gasteiger partial charge in [0.25, 0.3) is 0 Å². The molecule has 186 valence electrons. The van der Waals surface area contributed by atoms with Gasteiger partial charge in [-0.05, 0) is 60.0 Å². The summed E-state index contributed by atoms with van der Waals surface area (Å²) in [5.41, 5.74) is 2.98. The Morgan fingerprint density at radius 3 is 2.26 bits per heavy atom. The van der Waals surface area contributed by atoms with Crippen molar-refractivity contribution in [1.29, 1.82) is 0 Å². The van der Waals surface area contributed by atoms with E-state index in [1.54, 1.807) is 33.3 Å². The van der Waals surface area contributed by atoms with Gasteiger partial charge in [0, 0.05) is 18.0 Å². The Morgan fingerprint density at radius 1 is 0.943 bits per heavy atom. The smallest absolute Gasteiger partial charge is 0.242 e. The van der Waals surface area contributed by atoms with Gasteiger partial charge in [0.2, 0.25) is 11.8 Å². The van der Waals surface area contributed by atoms with Crippen molar-refractivity contribution in [2.75, 3.05) is 13.1 Å². The zero-order valence-electron chi connectivity index (χ0n) is 20.9. The highest BCUT2D eigenvalue weighted by molar-refractivity contribution is 7.10. The third-order valence-corrected chi connectivity index (χ3v) is 7.28. The number of unbranched alkanes of at least 4 members (excludes halogenated alkanes) is 1. The summed E-state index contributed by atoms with van der Waals surface area (Å²) in [7, 11) is 0. The standard InChI is InChI=1S/C29H35FN2O2S/c1-4-6-17-31(29(34)26(5-2)24-10-8-7-9-11-24)21-28(33)32(20-27-22(3)16-18-35-27)19-23-12-14-25(30)15-13-23/h7-16,18,26H,4-6,17,19-21H2,1-3H3/t26-/m1/s1. The predicted molar refractivity (Wildman–Crippen MR) is 141 cm³/mol. The van der Waals surface area contributed by atoms with Crippen LogP contribution in [0.3, 0.4) is 0 Å². The Bertz CT molecular complexity index is 1080. The van der Waals surface area contributed by atoms with E-state index in [0.29, 0.717) is 26.1 Å². The fourth-order valence-corrected chi connectivity index (χ4v) is 5.04. The molecule has 0 N–H and O–H groups in total. The van der Waals surface area contributed by atoms with Crippen LogP contribution in [-0.2, 0) is 22.7 Å². The van der Waals surface area contributed by atoms with E-state index >= 15 is 0 Å². The number of carbonyl (C=O) groups excluding carboxylic acids is 2. The summed E-state index contributed by atoms with van der Waals surface area (Å²) in [6.45, 7) is 7.54. The van der Waals surface area contributed by atoms with Gasteiger partial charge in [-0.2, -0.15) is 0 Å². The highest BCUT2D eigenvalue weighted by Gasteiger charge is 2.27. The minimum Gasteiger partial charge on any atom is -0.333 e. The lowest BCUT2D eigenvalue weighted by molar-refractivity contribution is -0.142. The molecule has 35 heavy (non-hydrogen) atoms. The summed E-state index contributed by atoms with van der Waals surface area (Å²) in [5, 5.41) is 2.02. The molecule has 1 atom stereocenters. The van der Waals surface area contributed by atoms with E-state index < -0.39 is 0 Å². The maximum absolute atomic E-state index is 13.6. The van der Waals surface area contributed by atoms with E-state index in [0.717, 1.165) is 34.4 Å². The normalized spacial score (nSPS) is 11.8. The lowest BCUT2D eigenvalue weighted by atomic mass is 9.95. The molecule has 1 aromatic heterocycles. The number of hydrogen-bond donors (Lipinski definition) is 0. The Labute approximate surface area is 212 Å². The molecule has 0 unspecified atom stereocenters. The number of rotatable bonds is 12. The van der Waals surface area contributed by atoms with E-state index in [2.05, 4.69) is 6.92 Å². The number of thiophene rings is 1. The van der Waals surface area contributed by atoms with Crippen LogP contribution in [-0.4, -0.2) is 34.7 Å². The maximum atomic E-state index is 13.6. The van der Waals surface area contributed by atoms with Crippen molar-refractivity contribution in [2.45, 2.75) is 59.0 Å². The lowest BCUT2D eigenvalue weighted by Gasteiger charge is -2.30. The molecule has 4 nitrogen and oxygen atoms in total. The van der Waals surface area contributed by atoms with Gasteiger partial charge < -0.3 is 9.80 Å². The Morgan fingerprint density at radius 2 is 1.66 bits per heavy atom. The summed E-state index contributed by atoms with van der Waals surface area (Å²) in [4.78, 5) is 31.9. The molecule has 3 aromatic rings. The highest BCUT2D eigenvalue weighted by atomic mass is 32.1. The van der Waals surface area contributed by atoms with E-state index in [4.69, 9.17) is 0 Å². The molecule has 2 amide bonds. The number of benzene rings is 2. The van der Waals surface area contributed by atoms with Gasteiger partial charge in [0.05, 0.1) is 19.0 Å². The van der Waals surface area contributed by atoms with Gasteiger partial charge in [-0.1, -0.05) is 62.7 Å². The first-order valence-electron chi connectivity index (χ1n) is 12.3. The van der Waals surface area contributed by atoms with Gasteiger partial charge in [0.15, 0.2) is 0 Å². The number of hydrogen-bond acceptors (Lipinski definition) is 3. The van der Waals surface area contributed by atoms with E-state index in [1.807, 2.05) is 55.6 Å². The van der Waals surface area contributed by atoms with Crippen molar-refractivity contribution in [3.05, 3.63) is 93.4 Å². The van der Waals surface area contributed by atoms with Crippen LogP contribution in [0.5, 0.6) is 0 Å². The van der Waals surface area contributed by atoms with E-state index in [1.165, 1.54) is 12.1 Å². The lowest BCUT2D eigenvalue weighted by Crippen LogP contribution is -2.44. The summed E-state index contributed by atoms with van der Waals surface area (Å²) in [6, 6.07) is 18.1. The van der Waals surface area contributed by atoms with Gasteiger partial charge in [-0.3, -0.25) is 9.59 Å². The molecule has 0 bridgehead atoms. The number of carbonyl (C=O) groups is 2. The van der Waals surface area contributed by atoms with Crippen molar-refractivity contribution in [1.82, 2.24) is 9.80 Å². The first-order chi connectivity index (χ1) is 16.9. The molecule has 0 spiro atoms. The van der Waals surface area contributed by atoms with Gasteiger partial charge >= 0.3 is 0 Å². The minimum atomic E-state index is -0.302. The van der Waals surface area contributed by atoms with Crippen molar-refractivity contribution < 1.29 is 14.0 Å². The van der Waals surface area contributed by atoms with Crippen LogP contribution >= 0.6 is 11.3 Å². The third kappa shape index (κ3) is 7.49. The second kappa shape index (κ2) is 13.2. The second-order valence-electron chi connectivity index (χ2n) is 8.89. The number of nitrogens with zero attached hydrogens (tertiary/aromatic N) is 2. The third-order valence-electron chi connectivity index (χ3n) is 6.27. The molecule has 2 aromatic carbocycles. The summed E-state index contributed by atoms with van der Waals surface area (Å²) < 4.78 is 13.4. The molecular weight excluding hydrogens is 459 g/mol. The summed E-state index contributed by atoms with van der Waals surface area (Å²) >= 11 is 1.62. The molecule has 0 aliphatic heterocycles. The van der Waals surface area contributed by atoms with Gasteiger partial charge in [0.1, 0.15) is 5.82 Å². The van der Waals surface area contributed by atoms with E-state index in [-0.39, 0.29) is 30.1 Å². The predicted octanol–water partition coefficient (Wildman–Crippen LogP) is 6.55. The molecule has 0 fully saturated rings. The van der Waals surface area contributed by atoms with Gasteiger partial charge in [-0.15, -0.1) is 11.3 Å².